The lowest BCUT2D eigenvalue weighted by Gasteiger charge is -2.09. The van der Waals surface area contributed by atoms with Crippen molar-refractivity contribution >= 4 is 11.8 Å². The van der Waals surface area contributed by atoms with E-state index in [2.05, 4.69) is 25.2 Å². The quantitative estimate of drug-likeness (QED) is 0.367. The van der Waals surface area contributed by atoms with Gasteiger partial charge < -0.3 is 0 Å². The molecular weight excluding hydrogens is 156 g/mol. The standard InChI is InChI=1S/C8H16N2S/c1-4-8(10-9)6-11-5-7(2)3/h1,7-8,10H,5-6,9H2,2-3H3. The lowest BCUT2D eigenvalue weighted by molar-refractivity contribution is 0.691. The minimum Gasteiger partial charge on any atom is -0.270 e. The molecule has 0 rings (SSSR count). The predicted octanol–water partition coefficient (Wildman–Crippen LogP) is 0.841. The molecule has 3 heteroatoms. The van der Waals surface area contributed by atoms with E-state index in [1.54, 1.807) is 0 Å². The maximum atomic E-state index is 5.19. The molecule has 0 fully saturated rings. The fourth-order valence-electron chi connectivity index (χ4n) is 0.566. The zero-order chi connectivity index (χ0) is 8.69. The van der Waals surface area contributed by atoms with Crippen molar-refractivity contribution in [1.29, 1.82) is 0 Å². The minimum atomic E-state index is 0.0127. The van der Waals surface area contributed by atoms with Crippen LogP contribution in [-0.4, -0.2) is 17.5 Å². The van der Waals surface area contributed by atoms with Crippen LogP contribution in [0.2, 0.25) is 0 Å². The fourth-order valence-corrected chi connectivity index (χ4v) is 1.60. The Labute approximate surface area is 73.3 Å². The summed E-state index contributed by atoms with van der Waals surface area (Å²) in [4.78, 5) is 0. The second-order valence-corrected chi connectivity index (χ2v) is 3.89. The van der Waals surface area contributed by atoms with Crippen LogP contribution >= 0.6 is 11.8 Å². The Morgan fingerprint density at radius 2 is 2.18 bits per heavy atom. The Kier molecular flexibility index (Phi) is 6.43. The Hall–Kier alpha value is -0.170. The summed E-state index contributed by atoms with van der Waals surface area (Å²) in [6, 6.07) is 0.0127. The summed E-state index contributed by atoms with van der Waals surface area (Å²) in [5, 5.41) is 0. The largest absolute Gasteiger partial charge is 0.270 e. The summed E-state index contributed by atoms with van der Waals surface area (Å²) >= 11 is 1.83. The van der Waals surface area contributed by atoms with Crippen molar-refractivity contribution in [3.05, 3.63) is 0 Å². The summed E-state index contributed by atoms with van der Waals surface area (Å²) in [6.07, 6.45) is 5.19. The Morgan fingerprint density at radius 3 is 2.55 bits per heavy atom. The third-order valence-electron chi connectivity index (χ3n) is 1.14. The topological polar surface area (TPSA) is 38.0 Å². The molecule has 0 aliphatic heterocycles. The van der Waals surface area contributed by atoms with Gasteiger partial charge in [0.1, 0.15) is 0 Å². The molecule has 0 heterocycles. The van der Waals surface area contributed by atoms with Gasteiger partial charge in [0.25, 0.3) is 0 Å². The minimum absolute atomic E-state index is 0.0127. The number of nitrogens with two attached hydrogens (primary N) is 1. The summed E-state index contributed by atoms with van der Waals surface area (Å²) in [5.74, 6) is 10.5. The number of hydrogen-bond acceptors (Lipinski definition) is 3. The van der Waals surface area contributed by atoms with Gasteiger partial charge in [-0.05, 0) is 11.7 Å². The molecule has 0 radical (unpaired) electrons. The molecule has 0 amide bonds. The van der Waals surface area contributed by atoms with Crippen molar-refractivity contribution in [3.63, 3.8) is 0 Å². The summed E-state index contributed by atoms with van der Waals surface area (Å²) in [6.45, 7) is 4.38. The van der Waals surface area contributed by atoms with Crippen LogP contribution in [0.5, 0.6) is 0 Å². The molecule has 0 spiro atoms. The molecule has 1 unspecified atom stereocenters. The number of terminal acetylenes is 1. The smallest absolute Gasteiger partial charge is 0.0904 e. The first-order valence-electron chi connectivity index (χ1n) is 3.70. The number of hydrazine groups is 1. The number of nitrogens with one attached hydrogen (secondary N) is 1. The van der Waals surface area contributed by atoms with Crippen LogP contribution in [0.1, 0.15) is 13.8 Å². The molecule has 0 bridgehead atoms. The van der Waals surface area contributed by atoms with Crippen LogP contribution in [0.4, 0.5) is 0 Å². The highest BCUT2D eigenvalue weighted by atomic mass is 32.2. The monoisotopic (exact) mass is 172 g/mol. The van der Waals surface area contributed by atoms with Crippen molar-refractivity contribution in [2.45, 2.75) is 19.9 Å². The maximum Gasteiger partial charge on any atom is 0.0904 e. The molecule has 11 heavy (non-hydrogen) atoms. The first kappa shape index (κ1) is 10.8. The van der Waals surface area contributed by atoms with Crippen LogP contribution in [0, 0.1) is 18.3 Å². The zero-order valence-electron chi connectivity index (χ0n) is 7.13. The molecule has 0 saturated heterocycles. The Bertz CT molecular complexity index is 129. The SMILES string of the molecule is C#CC(CSCC(C)C)NN. The second kappa shape index (κ2) is 6.53. The second-order valence-electron chi connectivity index (χ2n) is 2.82. The number of rotatable bonds is 5. The molecule has 3 N–H and O–H groups in total. The predicted molar refractivity (Wildman–Crippen MR) is 52.1 cm³/mol. The van der Waals surface area contributed by atoms with Gasteiger partial charge in [-0.1, -0.05) is 19.8 Å². The van der Waals surface area contributed by atoms with Gasteiger partial charge in [-0.3, -0.25) is 5.84 Å². The third-order valence-corrected chi connectivity index (χ3v) is 2.61. The van der Waals surface area contributed by atoms with E-state index < -0.39 is 0 Å². The van der Waals surface area contributed by atoms with Crippen molar-refractivity contribution in [3.8, 4) is 12.3 Å². The van der Waals surface area contributed by atoms with E-state index in [1.165, 1.54) is 0 Å². The van der Waals surface area contributed by atoms with E-state index in [0.29, 0.717) is 0 Å². The van der Waals surface area contributed by atoms with Crippen LogP contribution in [0.3, 0.4) is 0 Å². The Balaban J connectivity index is 3.30. The Morgan fingerprint density at radius 1 is 1.55 bits per heavy atom. The van der Waals surface area contributed by atoms with E-state index in [0.717, 1.165) is 17.4 Å². The van der Waals surface area contributed by atoms with Gasteiger partial charge in [0.15, 0.2) is 0 Å². The van der Waals surface area contributed by atoms with Crippen molar-refractivity contribution in [2.24, 2.45) is 11.8 Å². The highest BCUT2D eigenvalue weighted by Gasteiger charge is 2.01. The lowest BCUT2D eigenvalue weighted by atomic mass is 10.3. The molecule has 0 aromatic rings. The van der Waals surface area contributed by atoms with Gasteiger partial charge in [-0.15, -0.1) is 6.42 Å². The van der Waals surface area contributed by atoms with Crippen molar-refractivity contribution in [2.75, 3.05) is 11.5 Å². The van der Waals surface area contributed by atoms with E-state index in [1.807, 2.05) is 11.8 Å². The average molecular weight is 172 g/mol. The highest BCUT2D eigenvalue weighted by Crippen LogP contribution is 2.07. The first-order valence-corrected chi connectivity index (χ1v) is 4.86. The van der Waals surface area contributed by atoms with E-state index in [9.17, 15) is 0 Å². The normalized spacial score (nSPS) is 13.0. The van der Waals surface area contributed by atoms with Gasteiger partial charge >= 0.3 is 0 Å². The summed E-state index contributed by atoms with van der Waals surface area (Å²) in [7, 11) is 0. The first-order chi connectivity index (χ1) is 5.20. The van der Waals surface area contributed by atoms with E-state index in [-0.39, 0.29) is 6.04 Å². The molecular formula is C8H16N2S. The zero-order valence-corrected chi connectivity index (χ0v) is 7.95. The van der Waals surface area contributed by atoms with Gasteiger partial charge in [-0.25, -0.2) is 5.43 Å². The van der Waals surface area contributed by atoms with Gasteiger partial charge in [0, 0.05) is 5.75 Å². The third kappa shape index (κ3) is 6.24. The van der Waals surface area contributed by atoms with Crippen molar-refractivity contribution in [1.82, 2.24) is 5.43 Å². The molecule has 1 atom stereocenters. The highest BCUT2D eigenvalue weighted by molar-refractivity contribution is 7.99. The molecule has 0 aliphatic rings. The van der Waals surface area contributed by atoms with Gasteiger partial charge in [0.05, 0.1) is 6.04 Å². The van der Waals surface area contributed by atoms with Crippen LogP contribution < -0.4 is 11.3 Å². The van der Waals surface area contributed by atoms with E-state index >= 15 is 0 Å². The summed E-state index contributed by atoms with van der Waals surface area (Å²) in [5.41, 5.74) is 2.57. The average Bonchev–Trinajstić information content (AvgIpc) is 1.98. The van der Waals surface area contributed by atoms with E-state index in [4.69, 9.17) is 12.3 Å². The summed E-state index contributed by atoms with van der Waals surface area (Å²) < 4.78 is 0. The van der Waals surface area contributed by atoms with Gasteiger partial charge in [-0.2, -0.15) is 11.8 Å². The van der Waals surface area contributed by atoms with Gasteiger partial charge in [0.2, 0.25) is 0 Å². The van der Waals surface area contributed by atoms with Crippen LogP contribution in [0.15, 0.2) is 0 Å². The van der Waals surface area contributed by atoms with Crippen molar-refractivity contribution < 1.29 is 0 Å². The lowest BCUT2D eigenvalue weighted by Crippen LogP contribution is -2.35. The molecule has 64 valence electrons. The maximum absolute atomic E-state index is 5.19. The molecule has 0 aromatic carbocycles. The molecule has 0 aliphatic carbocycles. The number of hydrogen-bond donors (Lipinski definition) is 2. The molecule has 2 nitrogen and oxygen atoms in total. The van der Waals surface area contributed by atoms with Crippen LogP contribution in [-0.2, 0) is 0 Å². The fraction of sp³-hybridized carbons (Fsp3) is 0.750. The van der Waals surface area contributed by atoms with Crippen LogP contribution in [0.25, 0.3) is 0 Å². The molecule has 0 aromatic heterocycles. The number of thioether (sulfide) groups is 1. The molecule has 0 saturated carbocycles.